The number of anilines is 1. The standard InChI is InChI=1S/C20H21ClFNO/c21-16-7-5-15(6-8-16)20(13-3-1-2-4-14-20)19(24)23-18-11-9-17(22)10-12-18/h5-12H,1-4,13-14H2,(H,23,24). The third-order valence-electron chi connectivity index (χ3n) is 4.89. The normalized spacial score (nSPS) is 17.1. The van der Waals surface area contributed by atoms with E-state index in [-0.39, 0.29) is 11.7 Å². The summed E-state index contributed by atoms with van der Waals surface area (Å²) in [6.07, 6.45) is 6.00. The summed E-state index contributed by atoms with van der Waals surface area (Å²) in [5.74, 6) is -0.326. The van der Waals surface area contributed by atoms with Crippen molar-refractivity contribution in [2.24, 2.45) is 0 Å². The molecule has 0 radical (unpaired) electrons. The van der Waals surface area contributed by atoms with E-state index in [2.05, 4.69) is 5.32 Å². The molecule has 0 aliphatic heterocycles. The molecule has 0 atom stereocenters. The molecule has 2 aromatic rings. The van der Waals surface area contributed by atoms with E-state index in [1.54, 1.807) is 12.1 Å². The SMILES string of the molecule is O=C(Nc1ccc(F)cc1)C1(c2ccc(Cl)cc2)CCCCCC1. The van der Waals surface area contributed by atoms with Gasteiger partial charge >= 0.3 is 0 Å². The van der Waals surface area contributed by atoms with Gasteiger partial charge < -0.3 is 5.32 Å². The minimum Gasteiger partial charge on any atom is -0.325 e. The van der Waals surface area contributed by atoms with Crippen molar-refractivity contribution < 1.29 is 9.18 Å². The van der Waals surface area contributed by atoms with Crippen LogP contribution < -0.4 is 5.32 Å². The fourth-order valence-electron chi connectivity index (χ4n) is 3.53. The van der Waals surface area contributed by atoms with E-state index in [4.69, 9.17) is 11.6 Å². The van der Waals surface area contributed by atoms with Gasteiger partial charge in [-0.1, -0.05) is 49.4 Å². The molecule has 24 heavy (non-hydrogen) atoms. The number of hydrogen-bond acceptors (Lipinski definition) is 1. The second kappa shape index (κ2) is 7.35. The first-order chi connectivity index (χ1) is 11.6. The summed E-state index contributed by atoms with van der Waals surface area (Å²) in [6, 6.07) is 13.5. The molecule has 0 spiro atoms. The summed E-state index contributed by atoms with van der Waals surface area (Å²) in [5.41, 5.74) is 1.09. The Balaban J connectivity index is 1.92. The summed E-state index contributed by atoms with van der Waals surface area (Å²) in [4.78, 5) is 13.2. The first kappa shape index (κ1) is 17.0. The van der Waals surface area contributed by atoms with Gasteiger partial charge in [0.2, 0.25) is 5.91 Å². The number of carbonyl (C=O) groups is 1. The van der Waals surface area contributed by atoms with Gasteiger partial charge in [-0.25, -0.2) is 4.39 Å². The Morgan fingerprint density at radius 2 is 1.50 bits per heavy atom. The average molecular weight is 346 g/mol. The van der Waals surface area contributed by atoms with Gasteiger partial charge in [0, 0.05) is 10.7 Å². The highest BCUT2D eigenvalue weighted by molar-refractivity contribution is 6.30. The van der Waals surface area contributed by atoms with Gasteiger partial charge in [-0.15, -0.1) is 0 Å². The van der Waals surface area contributed by atoms with Gasteiger partial charge in [-0.05, 0) is 54.8 Å². The maximum absolute atomic E-state index is 13.2. The molecule has 2 aromatic carbocycles. The molecule has 0 bridgehead atoms. The zero-order valence-corrected chi connectivity index (χ0v) is 14.3. The first-order valence-corrected chi connectivity index (χ1v) is 8.81. The van der Waals surface area contributed by atoms with Gasteiger partial charge in [-0.2, -0.15) is 0 Å². The molecule has 126 valence electrons. The number of amides is 1. The van der Waals surface area contributed by atoms with E-state index >= 15 is 0 Å². The Morgan fingerprint density at radius 1 is 0.917 bits per heavy atom. The van der Waals surface area contributed by atoms with Crippen LogP contribution in [0.15, 0.2) is 48.5 Å². The molecule has 0 saturated heterocycles. The summed E-state index contributed by atoms with van der Waals surface area (Å²) < 4.78 is 13.1. The molecule has 1 N–H and O–H groups in total. The van der Waals surface area contributed by atoms with Crippen molar-refractivity contribution in [1.82, 2.24) is 0 Å². The molecule has 1 fully saturated rings. The third kappa shape index (κ3) is 3.62. The highest BCUT2D eigenvalue weighted by atomic mass is 35.5. The Morgan fingerprint density at radius 3 is 2.08 bits per heavy atom. The van der Waals surface area contributed by atoms with Crippen LogP contribution in [0.5, 0.6) is 0 Å². The number of nitrogens with one attached hydrogen (secondary N) is 1. The number of hydrogen-bond donors (Lipinski definition) is 1. The molecule has 2 nitrogen and oxygen atoms in total. The molecule has 0 heterocycles. The molecule has 1 aliphatic rings. The van der Waals surface area contributed by atoms with E-state index in [0.29, 0.717) is 10.7 Å². The highest BCUT2D eigenvalue weighted by Crippen LogP contribution is 2.39. The smallest absolute Gasteiger partial charge is 0.235 e. The lowest BCUT2D eigenvalue weighted by molar-refractivity contribution is -0.122. The predicted octanol–water partition coefficient (Wildman–Crippen LogP) is 5.71. The van der Waals surface area contributed by atoms with Crippen LogP contribution in [0.4, 0.5) is 10.1 Å². The lowest BCUT2D eigenvalue weighted by Gasteiger charge is -2.32. The van der Waals surface area contributed by atoms with E-state index < -0.39 is 5.41 Å². The van der Waals surface area contributed by atoms with Gasteiger partial charge in [0.25, 0.3) is 0 Å². The fraction of sp³-hybridized carbons (Fsp3) is 0.350. The number of halogens is 2. The van der Waals surface area contributed by atoms with E-state index in [1.807, 2.05) is 24.3 Å². The summed E-state index contributed by atoms with van der Waals surface area (Å²) in [7, 11) is 0. The minimum atomic E-state index is -0.546. The fourth-order valence-corrected chi connectivity index (χ4v) is 3.66. The molecule has 0 aromatic heterocycles. The molecule has 1 amide bonds. The molecular formula is C20H21ClFNO. The van der Waals surface area contributed by atoms with E-state index in [0.717, 1.165) is 44.1 Å². The minimum absolute atomic E-state index is 0.0154. The van der Waals surface area contributed by atoms with Gasteiger partial charge in [0.15, 0.2) is 0 Å². The number of benzene rings is 2. The van der Waals surface area contributed by atoms with Crippen molar-refractivity contribution >= 4 is 23.2 Å². The maximum Gasteiger partial charge on any atom is 0.235 e. The van der Waals surface area contributed by atoms with Crippen molar-refractivity contribution in [2.45, 2.75) is 43.9 Å². The molecule has 1 aliphatic carbocycles. The lowest BCUT2D eigenvalue weighted by Crippen LogP contribution is -2.40. The van der Waals surface area contributed by atoms with Crippen LogP contribution >= 0.6 is 11.6 Å². The van der Waals surface area contributed by atoms with Crippen LogP contribution in [0.25, 0.3) is 0 Å². The second-order valence-electron chi connectivity index (χ2n) is 6.46. The number of rotatable bonds is 3. The number of carbonyl (C=O) groups excluding carboxylic acids is 1. The Labute approximate surface area is 147 Å². The zero-order chi connectivity index (χ0) is 17.0. The van der Waals surface area contributed by atoms with Gasteiger partial charge in [0.1, 0.15) is 5.82 Å². The third-order valence-corrected chi connectivity index (χ3v) is 5.14. The monoisotopic (exact) mass is 345 g/mol. The summed E-state index contributed by atoms with van der Waals surface area (Å²) >= 11 is 6.02. The van der Waals surface area contributed by atoms with Gasteiger partial charge in [0.05, 0.1) is 5.41 Å². The topological polar surface area (TPSA) is 29.1 Å². The molecule has 3 rings (SSSR count). The van der Waals surface area contributed by atoms with Gasteiger partial charge in [-0.3, -0.25) is 4.79 Å². The summed E-state index contributed by atoms with van der Waals surface area (Å²) in [6.45, 7) is 0. The van der Waals surface area contributed by atoms with Crippen LogP contribution in [0.1, 0.15) is 44.1 Å². The lowest BCUT2D eigenvalue weighted by atomic mass is 9.73. The van der Waals surface area contributed by atoms with Crippen LogP contribution in [0.3, 0.4) is 0 Å². The second-order valence-corrected chi connectivity index (χ2v) is 6.90. The molecule has 1 saturated carbocycles. The maximum atomic E-state index is 13.2. The predicted molar refractivity (Wildman–Crippen MR) is 95.9 cm³/mol. The Kier molecular flexibility index (Phi) is 5.20. The summed E-state index contributed by atoms with van der Waals surface area (Å²) in [5, 5.41) is 3.65. The van der Waals surface area contributed by atoms with Crippen molar-refractivity contribution in [2.75, 3.05) is 5.32 Å². The van der Waals surface area contributed by atoms with Crippen molar-refractivity contribution in [3.8, 4) is 0 Å². The Hall–Kier alpha value is -1.87. The average Bonchev–Trinajstić information content (AvgIpc) is 2.84. The van der Waals surface area contributed by atoms with Crippen LogP contribution in [0.2, 0.25) is 5.02 Å². The van der Waals surface area contributed by atoms with Crippen LogP contribution in [0, 0.1) is 5.82 Å². The van der Waals surface area contributed by atoms with Crippen LogP contribution in [-0.2, 0) is 10.2 Å². The van der Waals surface area contributed by atoms with Crippen LogP contribution in [-0.4, -0.2) is 5.91 Å². The zero-order valence-electron chi connectivity index (χ0n) is 13.5. The quantitative estimate of drug-likeness (QED) is 0.709. The van der Waals surface area contributed by atoms with E-state index in [9.17, 15) is 9.18 Å². The molecule has 0 unspecified atom stereocenters. The first-order valence-electron chi connectivity index (χ1n) is 8.43. The highest BCUT2D eigenvalue weighted by Gasteiger charge is 2.40. The van der Waals surface area contributed by atoms with Crippen molar-refractivity contribution in [3.05, 3.63) is 64.9 Å². The van der Waals surface area contributed by atoms with Crippen molar-refractivity contribution in [1.29, 1.82) is 0 Å². The Bertz CT molecular complexity index is 689. The largest absolute Gasteiger partial charge is 0.325 e. The molecular weight excluding hydrogens is 325 g/mol. The van der Waals surface area contributed by atoms with Crippen molar-refractivity contribution in [3.63, 3.8) is 0 Å². The molecule has 4 heteroatoms. The van der Waals surface area contributed by atoms with E-state index in [1.165, 1.54) is 12.1 Å².